The van der Waals surface area contributed by atoms with E-state index in [2.05, 4.69) is 16.5 Å². The van der Waals surface area contributed by atoms with Crippen molar-refractivity contribution in [2.45, 2.75) is 27.7 Å². The van der Waals surface area contributed by atoms with E-state index in [-0.39, 0.29) is 5.78 Å². The summed E-state index contributed by atoms with van der Waals surface area (Å²) in [5, 5.41) is 0.934. The standard InChI is InChI=1S/C22H22N2O2/c1-13(2)21(15(4)16(5)25)18-7-6-17(12-14(18)3)26-22-19-8-10-23-20(19)9-11-24-22/h6-12,23H,1H2,2-5H3/b21-15+. The zero-order valence-corrected chi connectivity index (χ0v) is 15.5. The summed E-state index contributed by atoms with van der Waals surface area (Å²) >= 11 is 0. The van der Waals surface area contributed by atoms with E-state index in [1.54, 1.807) is 13.1 Å². The van der Waals surface area contributed by atoms with Gasteiger partial charge < -0.3 is 9.72 Å². The molecule has 0 aliphatic carbocycles. The fourth-order valence-electron chi connectivity index (χ4n) is 3.06. The fraction of sp³-hybridized carbons (Fsp3) is 0.182. The number of ketones is 1. The highest BCUT2D eigenvalue weighted by molar-refractivity contribution is 6.04. The summed E-state index contributed by atoms with van der Waals surface area (Å²) in [5.41, 5.74) is 5.47. The van der Waals surface area contributed by atoms with E-state index < -0.39 is 0 Å². The van der Waals surface area contributed by atoms with Gasteiger partial charge in [-0.1, -0.05) is 18.2 Å². The van der Waals surface area contributed by atoms with Gasteiger partial charge in [-0.3, -0.25) is 4.79 Å². The first kappa shape index (κ1) is 17.7. The Morgan fingerprint density at radius 1 is 1.15 bits per heavy atom. The Hall–Kier alpha value is -3.14. The number of rotatable bonds is 5. The first-order valence-corrected chi connectivity index (χ1v) is 8.47. The maximum atomic E-state index is 11.8. The largest absolute Gasteiger partial charge is 0.438 e. The van der Waals surface area contributed by atoms with Crippen LogP contribution < -0.4 is 4.74 Å². The van der Waals surface area contributed by atoms with Crippen LogP contribution in [0, 0.1) is 6.92 Å². The summed E-state index contributed by atoms with van der Waals surface area (Å²) in [6.07, 6.45) is 3.58. The molecule has 1 N–H and O–H groups in total. The van der Waals surface area contributed by atoms with Crippen LogP contribution >= 0.6 is 0 Å². The van der Waals surface area contributed by atoms with Crippen molar-refractivity contribution in [1.29, 1.82) is 0 Å². The first-order chi connectivity index (χ1) is 12.4. The molecule has 0 aliphatic rings. The molecule has 1 aromatic carbocycles. The topological polar surface area (TPSA) is 55.0 Å². The number of nitrogens with one attached hydrogen (secondary N) is 1. The predicted octanol–water partition coefficient (Wildman–Crippen LogP) is 5.60. The van der Waals surface area contributed by atoms with Gasteiger partial charge in [0.25, 0.3) is 0 Å². The number of aromatic nitrogens is 2. The normalized spacial score (nSPS) is 12.0. The number of carbonyl (C=O) groups excluding carboxylic acids is 1. The molecule has 0 spiro atoms. The molecule has 0 saturated heterocycles. The van der Waals surface area contributed by atoms with Crippen molar-refractivity contribution in [3.05, 3.63) is 71.6 Å². The van der Waals surface area contributed by atoms with Gasteiger partial charge in [0.15, 0.2) is 5.78 Å². The minimum atomic E-state index is 0.0473. The van der Waals surface area contributed by atoms with Crippen molar-refractivity contribution in [3.63, 3.8) is 0 Å². The van der Waals surface area contributed by atoms with Crippen LogP contribution in [0.25, 0.3) is 16.5 Å². The van der Waals surface area contributed by atoms with Gasteiger partial charge in [-0.2, -0.15) is 0 Å². The van der Waals surface area contributed by atoms with Crippen LogP contribution in [0.5, 0.6) is 11.6 Å². The van der Waals surface area contributed by atoms with Crippen molar-refractivity contribution in [2.75, 3.05) is 0 Å². The fourth-order valence-corrected chi connectivity index (χ4v) is 3.06. The molecule has 0 radical (unpaired) electrons. The Labute approximate surface area is 153 Å². The van der Waals surface area contributed by atoms with Gasteiger partial charge in [0, 0.05) is 12.4 Å². The molecule has 3 rings (SSSR count). The number of aryl methyl sites for hydroxylation is 1. The molecule has 2 heterocycles. The summed E-state index contributed by atoms with van der Waals surface area (Å²) in [7, 11) is 0. The van der Waals surface area contributed by atoms with E-state index in [0.29, 0.717) is 17.2 Å². The Balaban J connectivity index is 2.00. The second-order valence-electron chi connectivity index (χ2n) is 6.47. The van der Waals surface area contributed by atoms with E-state index in [0.717, 1.165) is 33.2 Å². The molecule has 0 atom stereocenters. The predicted molar refractivity (Wildman–Crippen MR) is 105 cm³/mol. The summed E-state index contributed by atoms with van der Waals surface area (Å²) in [6, 6.07) is 9.67. The second kappa shape index (κ2) is 7.00. The van der Waals surface area contributed by atoms with Crippen molar-refractivity contribution >= 4 is 22.3 Å². The molecule has 2 aromatic heterocycles. The number of benzene rings is 1. The van der Waals surface area contributed by atoms with Gasteiger partial charge in [-0.25, -0.2) is 4.98 Å². The third-order valence-corrected chi connectivity index (χ3v) is 4.45. The van der Waals surface area contributed by atoms with Crippen LogP contribution in [0.15, 0.2) is 60.5 Å². The van der Waals surface area contributed by atoms with E-state index in [1.165, 1.54) is 0 Å². The number of allylic oxidation sites excluding steroid dienone is 3. The number of H-pyrrole nitrogens is 1. The quantitative estimate of drug-likeness (QED) is 0.483. The molecule has 0 amide bonds. The molecule has 4 heteroatoms. The smallest absolute Gasteiger partial charge is 0.228 e. The Kier molecular flexibility index (Phi) is 4.76. The summed E-state index contributed by atoms with van der Waals surface area (Å²) < 4.78 is 6.00. The number of hydrogen-bond acceptors (Lipinski definition) is 3. The van der Waals surface area contributed by atoms with E-state index in [9.17, 15) is 4.79 Å². The van der Waals surface area contributed by atoms with E-state index >= 15 is 0 Å². The first-order valence-electron chi connectivity index (χ1n) is 8.47. The van der Waals surface area contributed by atoms with Gasteiger partial charge >= 0.3 is 0 Å². The zero-order chi connectivity index (χ0) is 18.8. The number of nitrogens with zero attached hydrogens (tertiary/aromatic N) is 1. The van der Waals surface area contributed by atoms with Crippen LogP contribution in [0.2, 0.25) is 0 Å². The molecule has 26 heavy (non-hydrogen) atoms. The van der Waals surface area contributed by atoms with Crippen LogP contribution in [-0.2, 0) is 4.79 Å². The van der Waals surface area contributed by atoms with Crippen molar-refractivity contribution in [1.82, 2.24) is 9.97 Å². The van der Waals surface area contributed by atoms with Crippen LogP contribution in [0.1, 0.15) is 31.9 Å². The average Bonchev–Trinajstić information content (AvgIpc) is 3.06. The Morgan fingerprint density at radius 3 is 2.58 bits per heavy atom. The second-order valence-corrected chi connectivity index (χ2v) is 6.47. The summed E-state index contributed by atoms with van der Waals surface area (Å²) in [6.45, 7) is 11.4. The minimum Gasteiger partial charge on any atom is -0.438 e. The van der Waals surface area contributed by atoms with Gasteiger partial charge in [0.05, 0.1) is 10.9 Å². The third-order valence-electron chi connectivity index (χ3n) is 4.45. The molecule has 0 unspecified atom stereocenters. The zero-order valence-electron chi connectivity index (χ0n) is 15.5. The molecule has 0 bridgehead atoms. The molecule has 0 aliphatic heterocycles. The average molecular weight is 346 g/mol. The lowest BCUT2D eigenvalue weighted by atomic mass is 9.90. The maximum Gasteiger partial charge on any atom is 0.228 e. The van der Waals surface area contributed by atoms with Crippen molar-refractivity contribution in [2.24, 2.45) is 0 Å². The number of aromatic amines is 1. The number of Topliss-reactive ketones (excluding diaryl/α,β-unsaturated/α-hetero) is 1. The molecule has 3 aromatic rings. The molecular formula is C22H22N2O2. The molecule has 4 nitrogen and oxygen atoms in total. The highest BCUT2D eigenvalue weighted by Gasteiger charge is 2.14. The Morgan fingerprint density at radius 2 is 1.92 bits per heavy atom. The molecular weight excluding hydrogens is 324 g/mol. The van der Waals surface area contributed by atoms with Crippen molar-refractivity contribution in [3.8, 4) is 11.6 Å². The van der Waals surface area contributed by atoms with Crippen LogP contribution in [0.4, 0.5) is 0 Å². The van der Waals surface area contributed by atoms with Gasteiger partial charge in [0.2, 0.25) is 5.88 Å². The maximum absolute atomic E-state index is 11.8. The number of pyridine rings is 1. The van der Waals surface area contributed by atoms with Crippen LogP contribution in [-0.4, -0.2) is 15.8 Å². The number of carbonyl (C=O) groups is 1. The highest BCUT2D eigenvalue weighted by Crippen LogP contribution is 2.33. The molecule has 0 saturated carbocycles. The molecule has 132 valence electrons. The van der Waals surface area contributed by atoms with E-state index in [1.807, 2.05) is 57.3 Å². The van der Waals surface area contributed by atoms with Gasteiger partial charge in [-0.15, -0.1) is 0 Å². The lowest BCUT2D eigenvalue weighted by molar-refractivity contribution is -0.113. The van der Waals surface area contributed by atoms with Crippen LogP contribution in [0.3, 0.4) is 0 Å². The summed E-state index contributed by atoms with van der Waals surface area (Å²) in [5.74, 6) is 1.31. The lowest BCUT2D eigenvalue weighted by Gasteiger charge is -2.15. The highest BCUT2D eigenvalue weighted by atomic mass is 16.5. The number of hydrogen-bond donors (Lipinski definition) is 1. The monoisotopic (exact) mass is 346 g/mol. The SMILES string of the molecule is C=C(C)/C(=C(/C)C(C)=O)c1ccc(Oc2nccc3[nH]ccc23)cc1C. The minimum absolute atomic E-state index is 0.0473. The Bertz CT molecular complexity index is 1040. The molecule has 0 fully saturated rings. The summed E-state index contributed by atoms with van der Waals surface area (Å²) in [4.78, 5) is 19.3. The lowest BCUT2D eigenvalue weighted by Crippen LogP contribution is -2.01. The number of ether oxygens (including phenoxy) is 1. The third kappa shape index (κ3) is 3.31. The van der Waals surface area contributed by atoms with E-state index in [4.69, 9.17) is 4.74 Å². The van der Waals surface area contributed by atoms with Crippen molar-refractivity contribution < 1.29 is 9.53 Å². The van der Waals surface area contributed by atoms with Gasteiger partial charge in [-0.05, 0) is 74.2 Å². The van der Waals surface area contributed by atoms with Gasteiger partial charge in [0.1, 0.15) is 5.75 Å². The number of fused-ring (bicyclic) bond motifs is 1.